The highest BCUT2D eigenvalue weighted by Gasteiger charge is 2.24. The largest absolute Gasteiger partial charge is 0.494 e. The van der Waals surface area contributed by atoms with Crippen LogP contribution >= 0.6 is 36.2 Å². The fraction of sp³-hybridized carbons (Fsp3) is 0.412. The quantitative estimate of drug-likeness (QED) is 0.779. The van der Waals surface area contributed by atoms with Crippen molar-refractivity contribution in [3.05, 3.63) is 45.7 Å². The third-order valence-electron chi connectivity index (χ3n) is 4.23. The lowest BCUT2D eigenvalue weighted by molar-refractivity contribution is 0.0623. The SMILES string of the molecule is COc1ccc(CN2CCN(C(=O)c3csc(CN)n3)CC2)cc1F.Cl.Cl. The average molecular weight is 437 g/mol. The molecule has 1 aliphatic heterocycles. The lowest BCUT2D eigenvalue weighted by atomic mass is 10.1. The molecule has 0 spiro atoms. The molecule has 0 unspecified atom stereocenters. The number of nitrogens with zero attached hydrogens (tertiary/aromatic N) is 3. The summed E-state index contributed by atoms with van der Waals surface area (Å²) in [4.78, 5) is 20.7. The zero-order chi connectivity index (χ0) is 17.8. The van der Waals surface area contributed by atoms with Gasteiger partial charge in [0.05, 0.1) is 7.11 Å². The van der Waals surface area contributed by atoms with Crippen LogP contribution in [-0.2, 0) is 13.1 Å². The van der Waals surface area contributed by atoms with Gasteiger partial charge in [-0.05, 0) is 17.7 Å². The minimum atomic E-state index is -0.354. The molecule has 0 bridgehead atoms. The van der Waals surface area contributed by atoms with E-state index in [1.54, 1.807) is 16.3 Å². The van der Waals surface area contributed by atoms with Gasteiger partial charge in [0.15, 0.2) is 11.6 Å². The lowest BCUT2D eigenvalue weighted by Crippen LogP contribution is -2.48. The Morgan fingerprint density at radius 1 is 1.30 bits per heavy atom. The van der Waals surface area contributed by atoms with Crippen molar-refractivity contribution in [3.63, 3.8) is 0 Å². The van der Waals surface area contributed by atoms with Gasteiger partial charge in [0.2, 0.25) is 0 Å². The number of hydrogen-bond donors (Lipinski definition) is 1. The van der Waals surface area contributed by atoms with Crippen LogP contribution in [0.15, 0.2) is 23.6 Å². The molecule has 2 heterocycles. The molecule has 3 rings (SSSR count). The van der Waals surface area contributed by atoms with Gasteiger partial charge in [-0.15, -0.1) is 36.2 Å². The second-order valence-corrected chi connectivity index (χ2v) is 6.81. The zero-order valence-electron chi connectivity index (χ0n) is 14.9. The molecule has 1 aliphatic rings. The van der Waals surface area contributed by atoms with Crippen molar-refractivity contribution in [2.24, 2.45) is 5.73 Å². The van der Waals surface area contributed by atoms with E-state index in [1.807, 2.05) is 6.07 Å². The number of nitrogens with two attached hydrogens (primary N) is 1. The summed E-state index contributed by atoms with van der Waals surface area (Å²) in [5.74, 6) is -0.154. The predicted octanol–water partition coefficient (Wildman–Crippen LogP) is 2.55. The van der Waals surface area contributed by atoms with Gasteiger partial charge >= 0.3 is 0 Å². The van der Waals surface area contributed by atoms with E-state index in [9.17, 15) is 9.18 Å². The maximum absolute atomic E-state index is 13.8. The van der Waals surface area contributed by atoms with Crippen molar-refractivity contribution in [1.29, 1.82) is 0 Å². The molecule has 1 saturated heterocycles. The number of thiazole rings is 1. The van der Waals surface area contributed by atoms with Gasteiger partial charge in [-0.2, -0.15) is 0 Å². The molecule has 6 nitrogen and oxygen atoms in total. The molecule has 2 N–H and O–H groups in total. The first-order chi connectivity index (χ1) is 12.1. The minimum absolute atomic E-state index is 0. The number of halogens is 3. The third kappa shape index (κ3) is 5.76. The summed E-state index contributed by atoms with van der Waals surface area (Å²) in [6.07, 6.45) is 0. The van der Waals surface area contributed by atoms with Crippen LogP contribution in [-0.4, -0.2) is 54.0 Å². The molecule has 1 aromatic heterocycles. The standard InChI is InChI=1S/C17H21FN4O2S.2ClH/c1-24-15-3-2-12(8-13(15)18)10-21-4-6-22(7-5-21)17(23)14-11-25-16(9-19)20-14;;/h2-3,8,11H,4-7,9-10,19H2,1H3;2*1H. The van der Waals surface area contributed by atoms with Gasteiger partial charge in [-0.25, -0.2) is 9.37 Å². The molecule has 27 heavy (non-hydrogen) atoms. The normalized spacial score (nSPS) is 14.3. The summed E-state index contributed by atoms with van der Waals surface area (Å²) in [5.41, 5.74) is 6.91. The highest BCUT2D eigenvalue weighted by Crippen LogP contribution is 2.19. The molecule has 10 heteroatoms. The van der Waals surface area contributed by atoms with Gasteiger partial charge in [-0.1, -0.05) is 6.07 Å². The zero-order valence-corrected chi connectivity index (χ0v) is 17.3. The molecule has 1 aromatic carbocycles. The Kier molecular flexibility index (Phi) is 9.41. The van der Waals surface area contributed by atoms with E-state index >= 15 is 0 Å². The fourth-order valence-electron chi connectivity index (χ4n) is 2.84. The van der Waals surface area contributed by atoms with Crippen molar-refractivity contribution in [2.75, 3.05) is 33.3 Å². The predicted molar refractivity (Wildman–Crippen MR) is 109 cm³/mol. The first-order valence-corrected chi connectivity index (χ1v) is 8.97. The molecule has 0 atom stereocenters. The number of hydrogen-bond acceptors (Lipinski definition) is 6. The monoisotopic (exact) mass is 436 g/mol. The molecule has 0 aliphatic carbocycles. The van der Waals surface area contributed by atoms with Crippen molar-refractivity contribution in [3.8, 4) is 5.75 Å². The maximum Gasteiger partial charge on any atom is 0.273 e. The van der Waals surface area contributed by atoms with Gasteiger partial charge in [0.1, 0.15) is 10.7 Å². The molecule has 0 radical (unpaired) electrons. The van der Waals surface area contributed by atoms with Crippen molar-refractivity contribution >= 4 is 42.1 Å². The second-order valence-electron chi connectivity index (χ2n) is 5.87. The third-order valence-corrected chi connectivity index (χ3v) is 5.10. The smallest absolute Gasteiger partial charge is 0.273 e. The molecule has 2 aromatic rings. The van der Waals surface area contributed by atoms with E-state index in [2.05, 4.69) is 9.88 Å². The van der Waals surface area contributed by atoms with E-state index in [4.69, 9.17) is 10.5 Å². The summed E-state index contributed by atoms with van der Waals surface area (Å²) < 4.78 is 18.7. The van der Waals surface area contributed by atoms with Crippen LogP contribution in [0.1, 0.15) is 21.1 Å². The number of piperazine rings is 1. The number of methoxy groups -OCH3 is 1. The van der Waals surface area contributed by atoms with Crippen LogP contribution in [0, 0.1) is 5.82 Å². The summed E-state index contributed by atoms with van der Waals surface area (Å²) in [6.45, 7) is 3.75. The summed E-state index contributed by atoms with van der Waals surface area (Å²) in [7, 11) is 1.45. The number of benzene rings is 1. The van der Waals surface area contributed by atoms with E-state index in [0.717, 1.165) is 23.7 Å². The first-order valence-electron chi connectivity index (χ1n) is 8.09. The van der Waals surface area contributed by atoms with Gasteiger partial charge in [0.25, 0.3) is 5.91 Å². The van der Waals surface area contributed by atoms with Crippen LogP contribution in [0.5, 0.6) is 5.75 Å². The highest BCUT2D eigenvalue weighted by molar-refractivity contribution is 7.09. The van der Waals surface area contributed by atoms with Crippen LogP contribution < -0.4 is 10.5 Å². The van der Waals surface area contributed by atoms with Crippen molar-refractivity contribution < 1.29 is 13.9 Å². The van der Waals surface area contributed by atoms with Crippen LogP contribution in [0.25, 0.3) is 0 Å². The molecular weight excluding hydrogens is 414 g/mol. The summed E-state index contributed by atoms with van der Waals surface area (Å²) in [6, 6.07) is 5.00. The molecule has 0 saturated carbocycles. The molecule has 150 valence electrons. The van der Waals surface area contributed by atoms with Gasteiger partial charge in [0, 0.05) is 44.6 Å². The van der Waals surface area contributed by atoms with Crippen molar-refractivity contribution in [1.82, 2.24) is 14.8 Å². The number of amides is 1. The Hall–Kier alpha value is -1.45. The Morgan fingerprint density at radius 2 is 2.00 bits per heavy atom. The first kappa shape index (κ1) is 23.6. The summed E-state index contributed by atoms with van der Waals surface area (Å²) in [5, 5.41) is 2.53. The number of ether oxygens (including phenoxy) is 1. The number of carbonyl (C=O) groups excluding carboxylic acids is 1. The Bertz CT molecular complexity index is 754. The second kappa shape index (κ2) is 10.8. The molecular formula is C17H23Cl2FN4O2S. The molecule has 1 amide bonds. The van der Waals surface area contributed by atoms with Crippen LogP contribution in [0.3, 0.4) is 0 Å². The Balaban J connectivity index is 0.00000182. The maximum atomic E-state index is 13.8. The molecule has 1 fully saturated rings. The van der Waals surface area contributed by atoms with E-state index in [0.29, 0.717) is 31.9 Å². The van der Waals surface area contributed by atoms with E-state index in [-0.39, 0.29) is 42.3 Å². The summed E-state index contributed by atoms with van der Waals surface area (Å²) >= 11 is 1.41. The van der Waals surface area contributed by atoms with E-state index in [1.165, 1.54) is 24.5 Å². The number of carbonyl (C=O) groups is 1. The van der Waals surface area contributed by atoms with Gasteiger partial charge < -0.3 is 15.4 Å². The Labute approximate surface area is 174 Å². The number of aromatic nitrogens is 1. The van der Waals surface area contributed by atoms with E-state index < -0.39 is 0 Å². The Morgan fingerprint density at radius 3 is 2.56 bits per heavy atom. The lowest BCUT2D eigenvalue weighted by Gasteiger charge is -2.34. The average Bonchev–Trinajstić information content (AvgIpc) is 3.11. The van der Waals surface area contributed by atoms with Crippen molar-refractivity contribution in [2.45, 2.75) is 13.1 Å². The van der Waals surface area contributed by atoms with Crippen LogP contribution in [0.4, 0.5) is 4.39 Å². The highest BCUT2D eigenvalue weighted by atomic mass is 35.5. The minimum Gasteiger partial charge on any atom is -0.494 e. The fourth-order valence-corrected chi connectivity index (χ4v) is 3.49. The van der Waals surface area contributed by atoms with Crippen LogP contribution in [0.2, 0.25) is 0 Å². The van der Waals surface area contributed by atoms with Gasteiger partial charge in [-0.3, -0.25) is 9.69 Å². The topological polar surface area (TPSA) is 71.7 Å². The number of rotatable bonds is 5.